The summed E-state index contributed by atoms with van der Waals surface area (Å²) in [6.45, 7) is 4.28. The van der Waals surface area contributed by atoms with E-state index in [1.54, 1.807) is 31.4 Å². The van der Waals surface area contributed by atoms with E-state index in [2.05, 4.69) is 6.92 Å². The third-order valence-corrected chi connectivity index (χ3v) is 7.49. The van der Waals surface area contributed by atoms with Gasteiger partial charge in [0.1, 0.15) is 10.6 Å². The lowest BCUT2D eigenvalue weighted by molar-refractivity contribution is 0.101. The number of benzene rings is 1. The number of hydrogen-bond acceptors (Lipinski definition) is 6. The van der Waals surface area contributed by atoms with Crippen LogP contribution in [0.1, 0.15) is 53.1 Å². The molecule has 0 saturated carbocycles. The zero-order valence-corrected chi connectivity index (χ0v) is 18.5. The number of thiophene rings is 1. The monoisotopic (exact) mass is 428 g/mol. The topological polar surface area (TPSA) is 61.2 Å². The van der Waals surface area contributed by atoms with E-state index in [0.29, 0.717) is 17.9 Å². The van der Waals surface area contributed by atoms with Crippen molar-refractivity contribution in [3.63, 3.8) is 0 Å². The predicted octanol–water partition coefficient (Wildman–Crippen LogP) is 4.86. The molecule has 0 fully saturated rings. The molecule has 2 aromatic heterocycles. The van der Waals surface area contributed by atoms with Crippen LogP contribution in [0.2, 0.25) is 0 Å². The van der Waals surface area contributed by atoms with E-state index in [1.165, 1.54) is 22.2 Å². The molecular formula is C22H24N2O3S2. The van der Waals surface area contributed by atoms with Gasteiger partial charge in [-0.2, -0.15) is 0 Å². The number of ether oxygens (including phenoxy) is 1. The summed E-state index contributed by atoms with van der Waals surface area (Å²) in [6, 6.07) is 5.47. The maximum atomic E-state index is 13.3. The minimum absolute atomic E-state index is 0.0226. The number of methoxy groups -OCH3 is 1. The van der Waals surface area contributed by atoms with Crippen molar-refractivity contribution in [1.82, 2.24) is 9.55 Å². The fourth-order valence-electron chi connectivity index (χ4n) is 3.84. The summed E-state index contributed by atoms with van der Waals surface area (Å²) < 4.78 is 7.29. The van der Waals surface area contributed by atoms with E-state index < -0.39 is 0 Å². The zero-order chi connectivity index (χ0) is 20.5. The fraction of sp³-hybridized carbons (Fsp3) is 0.409. The van der Waals surface area contributed by atoms with Crippen LogP contribution >= 0.6 is 23.1 Å². The van der Waals surface area contributed by atoms with Gasteiger partial charge in [0.05, 0.1) is 12.5 Å². The normalized spacial score (nSPS) is 13.1. The van der Waals surface area contributed by atoms with Gasteiger partial charge in [0.2, 0.25) is 0 Å². The first-order chi connectivity index (χ1) is 14.0. The molecule has 152 valence electrons. The van der Waals surface area contributed by atoms with Crippen LogP contribution < -0.4 is 10.3 Å². The fourth-order valence-corrected chi connectivity index (χ4v) is 6.15. The Kier molecular flexibility index (Phi) is 5.79. The Labute approximate surface area is 178 Å². The molecule has 1 aromatic carbocycles. The number of aryl methyl sites for hydroxylation is 2. The molecule has 0 N–H and O–H groups in total. The summed E-state index contributed by atoms with van der Waals surface area (Å²) in [5, 5.41) is 1.57. The number of aromatic nitrogens is 2. The van der Waals surface area contributed by atoms with Gasteiger partial charge in [-0.1, -0.05) is 18.7 Å². The van der Waals surface area contributed by atoms with E-state index in [4.69, 9.17) is 9.72 Å². The Morgan fingerprint density at radius 1 is 1.34 bits per heavy atom. The summed E-state index contributed by atoms with van der Waals surface area (Å²) in [6.07, 6.45) is 4.05. The number of hydrogen-bond donors (Lipinski definition) is 0. The average molecular weight is 429 g/mol. The van der Waals surface area contributed by atoms with Gasteiger partial charge in [0.15, 0.2) is 10.9 Å². The lowest BCUT2D eigenvalue weighted by Gasteiger charge is -2.13. The molecular weight excluding hydrogens is 404 g/mol. The van der Waals surface area contributed by atoms with E-state index >= 15 is 0 Å². The van der Waals surface area contributed by atoms with E-state index in [9.17, 15) is 9.59 Å². The molecule has 3 aromatic rings. The lowest BCUT2D eigenvalue weighted by Crippen LogP contribution is -2.23. The molecule has 1 aliphatic rings. The number of nitrogens with zero attached hydrogens (tertiary/aromatic N) is 2. The molecule has 5 nitrogen and oxygen atoms in total. The molecule has 0 aliphatic heterocycles. The van der Waals surface area contributed by atoms with Crippen LogP contribution in [0.3, 0.4) is 0 Å². The predicted molar refractivity (Wildman–Crippen MR) is 119 cm³/mol. The van der Waals surface area contributed by atoms with Crippen LogP contribution in [-0.2, 0) is 25.1 Å². The van der Waals surface area contributed by atoms with Crippen molar-refractivity contribution in [2.45, 2.75) is 57.0 Å². The van der Waals surface area contributed by atoms with Gasteiger partial charge in [0.25, 0.3) is 5.56 Å². The second-order valence-corrected chi connectivity index (χ2v) is 9.29. The van der Waals surface area contributed by atoms with Gasteiger partial charge in [-0.15, -0.1) is 11.3 Å². The summed E-state index contributed by atoms with van der Waals surface area (Å²) in [5.41, 5.74) is 2.89. The largest absolute Gasteiger partial charge is 0.496 e. The maximum absolute atomic E-state index is 13.3. The molecule has 0 bridgehead atoms. The highest BCUT2D eigenvalue weighted by Gasteiger charge is 2.23. The minimum Gasteiger partial charge on any atom is -0.496 e. The molecule has 0 spiro atoms. The highest BCUT2D eigenvalue weighted by molar-refractivity contribution is 7.98. The third-order valence-electron chi connectivity index (χ3n) is 5.28. The molecule has 0 atom stereocenters. The molecule has 2 heterocycles. The third kappa shape index (κ3) is 3.73. The van der Waals surface area contributed by atoms with Crippen LogP contribution in [0.25, 0.3) is 10.2 Å². The van der Waals surface area contributed by atoms with Crippen LogP contribution in [0, 0.1) is 0 Å². The number of Topliss-reactive ketones (excluding diaryl/α,β-unsaturated/α-hetero) is 1. The van der Waals surface area contributed by atoms with Crippen molar-refractivity contribution >= 4 is 39.1 Å². The van der Waals surface area contributed by atoms with E-state index in [1.807, 2.05) is 16.7 Å². The van der Waals surface area contributed by atoms with Crippen LogP contribution in [0.15, 0.2) is 28.2 Å². The van der Waals surface area contributed by atoms with Crippen LogP contribution in [0.4, 0.5) is 0 Å². The van der Waals surface area contributed by atoms with Crippen LogP contribution in [0.5, 0.6) is 5.75 Å². The molecule has 1 aliphatic carbocycles. The lowest BCUT2D eigenvalue weighted by atomic mass is 10.1. The molecule has 7 heteroatoms. The number of carbonyl (C=O) groups is 1. The number of rotatable bonds is 7. The number of ketones is 1. The SMILES string of the molecule is CCCn1c(SCc2cc(C(C)=O)ccc2OC)nc2sc3c(c2c1=O)CCC3. The number of carbonyl (C=O) groups excluding carboxylic acids is 1. The first-order valence-corrected chi connectivity index (χ1v) is 11.7. The first kappa shape index (κ1) is 20.2. The number of fused-ring (bicyclic) bond motifs is 3. The van der Waals surface area contributed by atoms with Crippen molar-refractivity contribution in [3.05, 3.63) is 50.1 Å². The minimum atomic E-state index is 0.0226. The summed E-state index contributed by atoms with van der Waals surface area (Å²) in [7, 11) is 1.63. The van der Waals surface area contributed by atoms with Crippen molar-refractivity contribution in [1.29, 1.82) is 0 Å². The molecule has 0 saturated heterocycles. The van der Waals surface area contributed by atoms with Crippen molar-refractivity contribution in [3.8, 4) is 5.75 Å². The zero-order valence-electron chi connectivity index (χ0n) is 16.9. The smallest absolute Gasteiger partial charge is 0.263 e. The standard InChI is InChI=1S/C22H24N2O3S2/c1-4-10-24-21(26)19-16-6-5-7-18(16)29-20(19)23-22(24)28-12-15-11-14(13(2)25)8-9-17(15)27-3/h8-9,11H,4-7,10,12H2,1-3H3. The van der Waals surface area contributed by atoms with Gasteiger partial charge in [-0.3, -0.25) is 14.2 Å². The highest BCUT2D eigenvalue weighted by atomic mass is 32.2. The summed E-state index contributed by atoms with van der Waals surface area (Å²) >= 11 is 3.20. The quantitative estimate of drug-likeness (QED) is 0.305. The van der Waals surface area contributed by atoms with Crippen molar-refractivity contribution < 1.29 is 9.53 Å². The molecule has 4 rings (SSSR count). The molecule has 29 heavy (non-hydrogen) atoms. The van der Waals surface area contributed by atoms with E-state index in [0.717, 1.165) is 52.4 Å². The second kappa shape index (κ2) is 8.32. The Morgan fingerprint density at radius 2 is 2.17 bits per heavy atom. The highest BCUT2D eigenvalue weighted by Crippen LogP contribution is 2.36. The van der Waals surface area contributed by atoms with E-state index in [-0.39, 0.29) is 11.3 Å². The second-order valence-electron chi connectivity index (χ2n) is 7.26. The van der Waals surface area contributed by atoms with Gasteiger partial charge >= 0.3 is 0 Å². The number of thioether (sulfide) groups is 1. The molecule has 0 radical (unpaired) electrons. The van der Waals surface area contributed by atoms with Gasteiger partial charge in [-0.05, 0) is 56.4 Å². The Balaban J connectivity index is 1.73. The van der Waals surface area contributed by atoms with Gasteiger partial charge < -0.3 is 4.74 Å². The molecule has 0 unspecified atom stereocenters. The van der Waals surface area contributed by atoms with Crippen molar-refractivity contribution in [2.24, 2.45) is 0 Å². The average Bonchev–Trinajstić information content (AvgIpc) is 3.29. The summed E-state index contributed by atoms with van der Waals surface area (Å²) in [4.78, 5) is 32.1. The summed E-state index contributed by atoms with van der Waals surface area (Å²) in [5.74, 6) is 1.34. The Hall–Kier alpha value is -2.12. The van der Waals surface area contributed by atoms with Gasteiger partial charge in [-0.25, -0.2) is 4.98 Å². The Morgan fingerprint density at radius 3 is 2.90 bits per heavy atom. The maximum Gasteiger partial charge on any atom is 0.263 e. The Bertz CT molecular complexity index is 1150. The van der Waals surface area contributed by atoms with Crippen molar-refractivity contribution in [2.75, 3.05) is 7.11 Å². The van der Waals surface area contributed by atoms with Gasteiger partial charge in [0, 0.05) is 28.3 Å². The molecule has 0 amide bonds. The van der Waals surface area contributed by atoms with Crippen LogP contribution in [-0.4, -0.2) is 22.4 Å². The first-order valence-electron chi connectivity index (χ1n) is 9.89.